The van der Waals surface area contributed by atoms with Crippen molar-refractivity contribution in [1.29, 1.82) is 0 Å². The Morgan fingerprint density at radius 2 is 1.05 bits per heavy atom. The Bertz CT molecular complexity index is 364. The van der Waals surface area contributed by atoms with Crippen LogP contribution in [0.15, 0.2) is 0 Å². The number of rotatable bonds is 3. The molecule has 1 rings (SSSR count). The lowest BCUT2D eigenvalue weighted by Crippen LogP contribution is -2.65. The third-order valence-corrected chi connectivity index (χ3v) is 22.1. The molecule has 0 aromatic carbocycles. The van der Waals surface area contributed by atoms with E-state index in [1.165, 1.54) is 0 Å². The van der Waals surface area contributed by atoms with E-state index in [4.69, 9.17) is 38.6 Å². The summed E-state index contributed by atoms with van der Waals surface area (Å²) in [6, 6.07) is 1.57. The molecule has 4 nitrogen and oxygen atoms in total. The van der Waals surface area contributed by atoms with Gasteiger partial charge in [0.25, 0.3) is 0 Å². The topological polar surface area (TPSA) is 36.9 Å². The molecule has 0 bridgehead atoms. The van der Waals surface area contributed by atoms with Gasteiger partial charge in [-0.1, -0.05) is 0 Å². The van der Waals surface area contributed by atoms with Gasteiger partial charge in [-0.2, -0.15) is 0 Å². The monoisotopic (exact) mass is 422 g/mol. The lowest BCUT2D eigenvalue weighted by Gasteiger charge is -2.47. The fourth-order valence-electron chi connectivity index (χ4n) is 2.86. The van der Waals surface area contributed by atoms with Gasteiger partial charge in [-0.05, 0) is 64.5 Å². The summed E-state index contributed by atoms with van der Waals surface area (Å²) in [7, 11) is -9.17. The van der Waals surface area contributed by atoms with E-state index < -0.39 is 40.9 Å². The van der Waals surface area contributed by atoms with Crippen LogP contribution in [0.2, 0.25) is 64.5 Å². The van der Waals surface area contributed by atoms with E-state index in [9.17, 15) is 0 Å². The summed E-state index contributed by atoms with van der Waals surface area (Å²) in [4.78, 5) is 0. The second-order valence-electron chi connectivity index (χ2n) is 7.31. The molecule has 0 atom stereocenters. The Kier molecular flexibility index (Phi) is 6.29. The van der Waals surface area contributed by atoms with Crippen LogP contribution in [0, 0.1) is 0 Å². The van der Waals surface area contributed by atoms with Crippen molar-refractivity contribution >= 4 is 63.1 Å². The van der Waals surface area contributed by atoms with Crippen LogP contribution in [0.1, 0.15) is 0 Å². The summed E-state index contributed by atoms with van der Waals surface area (Å²) in [5.74, 6) is 0. The molecular weight excluding hydrogens is 395 g/mol. The standard InChI is InChI=1S/C10H28Cl2O4Si5/c1-17(2)13-18(3,4)15-21(8,10-9-20(7,11)12)16-19(5,6)14-17/h9-10H2,1-8H3. The molecule has 1 fully saturated rings. The molecule has 1 saturated heterocycles. The summed E-state index contributed by atoms with van der Waals surface area (Å²) in [5, 5.41) is 0. The highest BCUT2D eigenvalue weighted by molar-refractivity contribution is 7.45. The third-order valence-electron chi connectivity index (χ3n) is 2.92. The van der Waals surface area contributed by atoms with E-state index in [-0.39, 0.29) is 0 Å². The van der Waals surface area contributed by atoms with E-state index in [0.717, 1.165) is 12.1 Å². The van der Waals surface area contributed by atoms with Crippen LogP contribution < -0.4 is 0 Å². The van der Waals surface area contributed by atoms with Crippen LogP contribution in [0.25, 0.3) is 0 Å². The Morgan fingerprint density at radius 3 is 1.38 bits per heavy atom. The zero-order chi connectivity index (χ0) is 16.7. The molecule has 0 N–H and O–H groups in total. The second kappa shape index (κ2) is 6.43. The van der Waals surface area contributed by atoms with Gasteiger partial charge in [0.2, 0.25) is 6.69 Å². The van der Waals surface area contributed by atoms with Crippen LogP contribution >= 0.6 is 22.2 Å². The first-order valence-electron chi connectivity index (χ1n) is 7.22. The Balaban J connectivity index is 2.98. The lowest BCUT2D eigenvalue weighted by molar-refractivity contribution is 0.235. The minimum atomic E-state index is -2.40. The number of hydrogen-bond donors (Lipinski definition) is 0. The van der Waals surface area contributed by atoms with Gasteiger partial charge in [-0.15, -0.1) is 22.2 Å². The van der Waals surface area contributed by atoms with E-state index in [2.05, 4.69) is 45.8 Å². The van der Waals surface area contributed by atoms with Crippen LogP contribution in [0.3, 0.4) is 0 Å². The molecule has 0 aromatic heterocycles. The molecule has 126 valence electrons. The number of halogens is 2. The quantitative estimate of drug-likeness (QED) is 0.483. The molecule has 0 aromatic rings. The van der Waals surface area contributed by atoms with Crippen molar-refractivity contribution in [3.8, 4) is 0 Å². The van der Waals surface area contributed by atoms with Crippen molar-refractivity contribution in [2.75, 3.05) is 0 Å². The van der Waals surface area contributed by atoms with Gasteiger partial charge in [0.15, 0.2) is 0 Å². The van der Waals surface area contributed by atoms with E-state index in [1.807, 2.05) is 6.55 Å². The highest BCUT2D eigenvalue weighted by Gasteiger charge is 2.52. The summed E-state index contributed by atoms with van der Waals surface area (Å²) in [6.07, 6.45) is 0. The van der Waals surface area contributed by atoms with Crippen molar-refractivity contribution < 1.29 is 16.5 Å². The fraction of sp³-hybridized carbons (Fsp3) is 1.00. The molecule has 0 unspecified atom stereocenters. The first kappa shape index (κ1) is 20.5. The molecule has 21 heavy (non-hydrogen) atoms. The molecule has 0 saturated carbocycles. The largest absolute Gasteiger partial charge is 0.416 e. The maximum absolute atomic E-state index is 6.46. The molecule has 0 radical (unpaired) electrons. The highest BCUT2D eigenvalue weighted by Crippen LogP contribution is 2.35. The average Bonchev–Trinajstić information content (AvgIpc) is 2.04. The van der Waals surface area contributed by atoms with Crippen LogP contribution in [0.4, 0.5) is 0 Å². The summed E-state index contributed by atoms with van der Waals surface area (Å²) < 4.78 is 25.5. The first-order chi connectivity index (χ1) is 9.04. The molecule has 0 aliphatic carbocycles. The maximum atomic E-state index is 6.46. The predicted octanol–water partition coefficient (Wildman–Crippen LogP) is 4.79. The fourth-order valence-corrected chi connectivity index (χ4v) is 28.9. The third kappa shape index (κ3) is 7.74. The summed E-state index contributed by atoms with van der Waals surface area (Å²) in [6.45, 7) is 14.3. The Labute approximate surface area is 143 Å². The Morgan fingerprint density at radius 1 is 0.714 bits per heavy atom. The highest BCUT2D eigenvalue weighted by atomic mass is 35.7. The van der Waals surface area contributed by atoms with E-state index in [1.54, 1.807) is 0 Å². The first-order valence-corrected chi connectivity index (χ1v) is 22.9. The van der Waals surface area contributed by atoms with Crippen molar-refractivity contribution in [3.63, 3.8) is 0 Å². The molecule has 0 spiro atoms. The van der Waals surface area contributed by atoms with Gasteiger partial charge >= 0.3 is 34.2 Å². The molecule has 1 heterocycles. The minimum Gasteiger partial charge on any atom is -0.416 e. The molecule has 1 aliphatic heterocycles. The SMILES string of the molecule is C[Si](Cl)(Cl)CC[Si]1(C)O[Si](C)(C)O[Si](C)(C)O[Si](C)(C)O1. The van der Waals surface area contributed by atoms with Crippen molar-refractivity contribution in [3.05, 3.63) is 0 Å². The second-order valence-corrected chi connectivity index (χ2v) is 30.0. The summed E-state index contributed by atoms with van der Waals surface area (Å²) >= 11 is 12.5. The van der Waals surface area contributed by atoms with Crippen LogP contribution in [0.5, 0.6) is 0 Å². The zero-order valence-corrected chi connectivity index (χ0v) is 20.8. The average molecular weight is 424 g/mol. The zero-order valence-electron chi connectivity index (χ0n) is 14.3. The normalized spacial score (nSPS) is 27.7. The van der Waals surface area contributed by atoms with Crippen molar-refractivity contribution in [1.82, 2.24) is 0 Å². The Hall–Kier alpha value is 1.50. The van der Waals surface area contributed by atoms with Crippen LogP contribution in [-0.2, 0) is 16.5 Å². The van der Waals surface area contributed by atoms with E-state index >= 15 is 0 Å². The van der Waals surface area contributed by atoms with E-state index in [0.29, 0.717) is 0 Å². The van der Waals surface area contributed by atoms with Gasteiger partial charge in [0.1, 0.15) is 0 Å². The maximum Gasteiger partial charge on any atom is 0.317 e. The molecule has 11 heteroatoms. The summed E-state index contributed by atoms with van der Waals surface area (Å²) in [5.41, 5.74) is 0. The van der Waals surface area contributed by atoms with Gasteiger partial charge in [0.05, 0.1) is 0 Å². The number of hydrogen-bond acceptors (Lipinski definition) is 4. The molecule has 0 amide bonds. The lowest BCUT2D eigenvalue weighted by atomic mass is 10.9. The van der Waals surface area contributed by atoms with Gasteiger partial charge in [-0.25, -0.2) is 0 Å². The van der Waals surface area contributed by atoms with Gasteiger partial charge in [-0.3, -0.25) is 0 Å². The van der Waals surface area contributed by atoms with Gasteiger partial charge < -0.3 is 16.5 Å². The smallest absolute Gasteiger partial charge is 0.317 e. The van der Waals surface area contributed by atoms with Crippen molar-refractivity contribution in [2.45, 2.75) is 64.5 Å². The van der Waals surface area contributed by atoms with Crippen LogP contribution in [-0.4, -0.2) is 40.9 Å². The predicted molar refractivity (Wildman–Crippen MR) is 101 cm³/mol. The van der Waals surface area contributed by atoms with Gasteiger partial charge in [0, 0.05) is 0 Å². The minimum absolute atomic E-state index is 0.772. The molecule has 1 aliphatic rings. The molecular formula is C10H28Cl2O4Si5. The van der Waals surface area contributed by atoms with Crippen molar-refractivity contribution in [2.24, 2.45) is 0 Å².